The lowest BCUT2D eigenvalue weighted by molar-refractivity contribution is -0.145. The Balaban J connectivity index is 2.29. The summed E-state index contributed by atoms with van der Waals surface area (Å²) in [6, 6.07) is 0. The van der Waals surface area contributed by atoms with Crippen LogP contribution in [0, 0.1) is 6.92 Å². The van der Waals surface area contributed by atoms with Gasteiger partial charge in [0.05, 0.1) is 17.0 Å². The molecule has 0 saturated heterocycles. The van der Waals surface area contributed by atoms with Crippen LogP contribution in [0.4, 0.5) is 0 Å². The molecule has 0 heterocycles. The maximum atomic E-state index is 12.3. The summed E-state index contributed by atoms with van der Waals surface area (Å²) in [5, 5.41) is 10.1. The Morgan fingerprint density at radius 3 is 2.26 bits per heavy atom. The lowest BCUT2D eigenvalue weighted by Gasteiger charge is -2.38. The average molecular weight is 381 g/mol. The third-order valence-corrected chi connectivity index (χ3v) is 6.62. The maximum absolute atomic E-state index is 12.3. The van der Waals surface area contributed by atoms with Crippen LogP contribution in [0.1, 0.15) is 67.2 Å². The van der Waals surface area contributed by atoms with Gasteiger partial charge in [-0.2, -0.15) is 0 Å². The molecule has 1 aromatic carbocycles. The monoisotopic (exact) mass is 380 g/mol. The van der Waals surface area contributed by atoms with Crippen molar-refractivity contribution in [3.8, 4) is 5.75 Å². The second kappa shape index (κ2) is 6.46. The second-order valence-corrected chi connectivity index (χ2v) is 7.75. The van der Waals surface area contributed by atoms with Crippen LogP contribution in [0.2, 0.25) is 0 Å². The van der Waals surface area contributed by atoms with Crippen molar-refractivity contribution < 1.29 is 14.6 Å². The SMILES string of the molecule is COc1c(Br)c2c(c(C)c1C1(C(=O)O)CCCCC1)CCCC2. The number of aliphatic carboxylic acids is 1. The van der Waals surface area contributed by atoms with Crippen LogP contribution in [0.25, 0.3) is 0 Å². The van der Waals surface area contributed by atoms with E-state index in [1.807, 2.05) is 0 Å². The number of ether oxygens (including phenoxy) is 1. The van der Waals surface area contributed by atoms with E-state index in [2.05, 4.69) is 22.9 Å². The summed E-state index contributed by atoms with van der Waals surface area (Å²) in [6.07, 6.45) is 8.98. The van der Waals surface area contributed by atoms with Gasteiger partial charge in [0, 0.05) is 5.56 Å². The summed E-state index contributed by atoms with van der Waals surface area (Å²) in [4.78, 5) is 12.3. The topological polar surface area (TPSA) is 46.5 Å². The minimum absolute atomic E-state index is 0.693. The number of halogens is 1. The summed E-state index contributed by atoms with van der Waals surface area (Å²) in [5.74, 6) is 0.0636. The molecule has 1 saturated carbocycles. The molecule has 3 rings (SSSR count). The first kappa shape index (κ1) is 16.8. The van der Waals surface area contributed by atoms with Gasteiger partial charge in [0.25, 0.3) is 0 Å². The number of carboxylic acids is 1. The number of benzene rings is 1. The Bertz CT molecular complexity index is 630. The molecule has 0 amide bonds. The van der Waals surface area contributed by atoms with E-state index < -0.39 is 11.4 Å². The first-order valence-corrected chi connectivity index (χ1v) is 9.44. The Morgan fingerprint density at radius 2 is 1.70 bits per heavy atom. The van der Waals surface area contributed by atoms with Crippen molar-refractivity contribution in [1.82, 2.24) is 0 Å². The van der Waals surface area contributed by atoms with Gasteiger partial charge in [-0.25, -0.2) is 0 Å². The fraction of sp³-hybridized carbons (Fsp3) is 0.632. The van der Waals surface area contributed by atoms with E-state index in [9.17, 15) is 9.90 Å². The molecule has 23 heavy (non-hydrogen) atoms. The number of fused-ring (bicyclic) bond motifs is 1. The summed E-state index contributed by atoms with van der Waals surface area (Å²) in [6.45, 7) is 2.10. The Hall–Kier alpha value is -1.03. The van der Waals surface area contributed by atoms with Crippen molar-refractivity contribution >= 4 is 21.9 Å². The molecule has 126 valence electrons. The first-order chi connectivity index (χ1) is 11.0. The highest BCUT2D eigenvalue weighted by Gasteiger charge is 2.45. The van der Waals surface area contributed by atoms with Gasteiger partial charge >= 0.3 is 5.97 Å². The van der Waals surface area contributed by atoms with E-state index in [4.69, 9.17) is 4.74 Å². The van der Waals surface area contributed by atoms with Gasteiger partial charge in [-0.3, -0.25) is 4.79 Å². The van der Waals surface area contributed by atoms with Gasteiger partial charge in [-0.1, -0.05) is 19.3 Å². The van der Waals surface area contributed by atoms with Crippen LogP contribution < -0.4 is 4.74 Å². The number of rotatable bonds is 3. The Morgan fingerprint density at radius 1 is 1.09 bits per heavy atom. The number of carboxylic acid groups (broad SMARTS) is 1. The summed E-state index contributed by atoms with van der Waals surface area (Å²) < 4.78 is 6.73. The molecular weight excluding hydrogens is 356 g/mol. The van der Waals surface area contributed by atoms with Crippen LogP contribution in [0.15, 0.2) is 4.47 Å². The van der Waals surface area contributed by atoms with Crippen LogP contribution in [-0.4, -0.2) is 18.2 Å². The van der Waals surface area contributed by atoms with E-state index >= 15 is 0 Å². The molecule has 2 aliphatic carbocycles. The van der Waals surface area contributed by atoms with Crippen LogP contribution in [0.3, 0.4) is 0 Å². The Labute approximate surface area is 146 Å². The van der Waals surface area contributed by atoms with Crippen molar-refractivity contribution in [2.45, 2.75) is 70.1 Å². The van der Waals surface area contributed by atoms with Crippen LogP contribution in [0.5, 0.6) is 5.75 Å². The number of carbonyl (C=O) groups is 1. The molecule has 1 N–H and O–H groups in total. The average Bonchev–Trinajstić information content (AvgIpc) is 2.58. The standard InChI is InChI=1S/C19H25BrO3/c1-12-13-8-4-5-9-14(13)16(20)17(23-2)15(12)19(18(21)22)10-6-3-7-11-19/h3-11H2,1-2H3,(H,21,22). The fourth-order valence-corrected chi connectivity index (χ4v) is 5.42. The summed E-state index contributed by atoms with van der Waals surface area (Å²) in [5.41, 5.74) is 3.97. The van der Waals surface area contributed by atoms with Crippen LogP contribution in [-0.2, 0) is 23.1 Å². The predicted molar refractivity (Wildman–Crippen MR) is 94.5 cm³/mol. The summed E-state index contributed by atoms with van der Waals surface area (Å²) in [7, 11) is 1.66. The van der Waals surface area contributed by atoms with Crippen molar-refractivity contribution in [2.75, 3.05) is 7.11 Å². The van der Waals surface area contributed by atoms with Gasteiger partial charge < -0.3 is 9.84 Å². The van der Waals surface area contributed by atoms with Gasteiger partial charge in [-0.05, 0) is 78.1 Å². The first-order valence-electron chi connectivity index (χ1n) is 8.64. The lowest BCUT2D eigenvalue weighted by atomic mass is 9.66. The zero-order valence-corrected chi connectivity index (χ0v) is 15.6. The number of hydrogen-bond acceptors (Lipinski definition) is 2. The largest absolute Gasteiger partial charge is 0.495 e. The normalized spacial score (nSPS) is 20.0. The van der Waals surface area contributed by atoms with E-state index in [0.29, 0.717) is 12.8 Å². The zero-order chi connectivity index (χ0) is 16.6. The minimum Gasteiger partial charge on any atom is -0.495 e. The third kappa shape index (κ3) is 2.59. The number of methoxy groups -OCH3 is 1. The molecule has 2 aliphatic rings. The molecule has 0 atom stereocenters. The molecule has 0 spiro atoms. The van der Waals surface area contributed by atoms with Crippen LogP contribution >= 0.6 is 15.9 Å². The molecule has 0 unspecified atom stereocenters. The molecular formula is C19H25BrO3. The van der Waals surface area contributed by atoms with Gasteiger partial charge in [0.15, 0.2) is 0 Å². The zero-order valence-electron chi connectivity index (χ0n) is 14.0. The molecule has 0 radical (unpaired) electrons. The molecule has 0 aliphatic heterocycles. The molecule has 0 aromatic heterocycles. The molecule has 3 nitrogen and oxygen atoms in total. The molecule has 1 aromatic rings. The quantitative estimate of drug-likeness (QED) is 0.808. The lowest BCUT2D eigenvalue weighted by Crippen LogP contribution is -2.39. The highest BCUT2D eigenvalue weighted by atomic mass is 79.9. The molecule has 4 heteroatoms. The minimum atomic E-state index is -0.789. The smallest absolute Gasteiger partial charge is 0.314 e. The number of hydrogen-bond donors (Lipinski definition) is 1. The van der Waals surface area contributed by atoms with Crippen molar-refractivity contribution in [3.05, 3.63) is 26.7 Å². The second-order valence-electron chi connectivity index (χ2n) is 6.96. The third-order valence-electron chi connectivity index (χ3n) is 5.79. The fourth-order valence-electron chi connectivity index (χ4n) is 4.62. The van der Waals surface area contributed by atoms with E-state index in [0.717, 1.165) is 53.5 Å². The highest BCUT2D eigenvalue weighted by molar-refractivity contribution is 9.10. The predicted octanol–water partition coefficient (Wildman–Crippen LogP) is 4.93. The molecule has 0 bridgehead atoms. The molecule has 1 fully saturated rings. The highest BCUT2D eigenvalue weighted by Crippen LogP contribution is 2.50. The van der Waals surface area contributed by atoms with E-state index in [-0.39, 0.29) is 0 Å². The van der Waals surface area contributed by atoms with Gasteiger partial charge in [-0.15, -0.1) is 0 Å². The Kier molecular flexibility index (Phi) is 4.73. The van der Waals surface area contributed by atoms with Gasteiger partial charge in [0.1, 0.15) is 5.75 Å². The van der Waals surface area contributed by atoms with Crippen molar-refractivity contribution in [3.63, 3.8) is 0 Å². The van der Waals surface area contributed by atoms with Gasteiger partial charge in [0.2, 0.25) is 0 Å². The van der Waals surface area contributed by atoms with E-state index in [1.54, 1.807) is 7.11 Å². The summed E-state index contributed by atoms with van der Waals surface area (Å²) >= 11 is 3.73. The van der Waals surface area contributed by atoms with E-state index in [1.165, 1.54) is 24.0 Å². The maximum Gasteiger partial charge on any atom is 0.314 e. The van der Waals surface area contributed by atoms with Crippen molar-refractivity contribution in [2.24, 2.45) is 0 Å². The van der Waals surface area contributed by atoms with Crippen molar-refractivity contribution in [1.29, 1.82) is 0 Å².